The molecule has 1 nitrogen and oxygen atoms in total. The van der Waals surface area contributed by atoms with E-state index < -0.39 is 0 Å². The fourth-order valence-corrected chi connectivity index (χ4v) is 2.69. The van der Waals surface area contributed by atoms with Crippen molar-refractivity contribution in [1.29, 1.82) is 0 Å². The third-order valence-electron chi connectivity index (χ3n) is 1.97. The molecule has 1 aromatic carbocycles. The number of hydrogen-bond donors (Lipinski definition) is 1. The Balaban J connectivity index is 2.53. The van der Waals surface area contributed by atoms with Crippen LogP contribution in [-0.4, -0.2) is 19.6 Å². The van der Waals surface area contributed by atoms with Gasteiger partial charge in [0, 0.05) is 0 Å². The average molecular weight is 237 g/mol. The molecule has 13 heavy (non-hydrogen) atoms. The zero-order valence-corrected chi connectivity index (χ0v) is 9.03. The molecule has 1 aromatic heterocycles. The van der Waals surface area contributed by atoms with Crippen LogP contribution in [0.25, 0.3) is 11.1 Å². The first kappa shape index (κ1) is 8.61. The SMILES string of the molecule is Cc1cccc(-c2cc[se]c2O)c1. The predicted octanol–water partition coefficient (Wildman–Crippen LogP) is 2.42. The first-order chi connectivity index (χ1) is 6.27. The molecule has 0 unspecified atom stereocenters. The molecular weight excluding hydrogens is 227 g/mol. The van der Waals surface area contributed by atoms with Gasteiger partial charge in [-0.15, -0.1) is 0 Å². The van der Waals surface area contributed by atoms with Gasteiger partial charge in [0.15, 0.2) is 0 Å². The number of aromatic hydroxyl groups is 1. The van der Waals surface area contributed by atoms with Crippen LogP contribution >= 0.6 is 0 Å². The maximum atomic E-state index is 9.58. The minimum absolute atomic E-state index is 0.152. The molecule has 0 fully saturated rings. The van der Waals surface area contributed by atoms with E-state index in [-0.39, 0.29) is 14.5 Å². The van der Waals surface area contributed by atoms with E-state index in [1.165, 1.54) is 5.56 Å². The quantitative estimate of drug-likeness (QED) is 0.755. The number of rotatable bonds is 1. The van der Waals surface area contributed by atoms with Gasteiger partial charge in [0.05, 0.1) is 0 Å². The van der Waals surface area contributed by atoms with Crippen molar-refractivity contribution >= 4 is 14.5 Å². The topological polar surface area (TPSA) is 20.2 Å². The van der Waals surface area contributed by atoms with Crippen molar-refractivity contribution in [3.8, 4) is 15.8 Å². The Morgan fingerprint density at radius 2 is 2.08 bits per heavy atom. The third-order valence-corrected chi connectivity index (χ3v) is 3.47. The van der Waals surface area contributed by atoms with Crippen LogP contribution in [0.1, 0.15) is 5.56 Å². The summed E-state index contributed by atoms with van der Waals surface area (Å²) in [6.45, 7) is 2.06. The Hall–Kier alpha value is -0.981. The van der Waals surface area contributed by atoms with Crippen LogP contribution in [-0.2, 0) is 0 Å². The van der Waals surface area contributed by atoms with Crippen molar-refractivity contribution in [2.75, 3.05) is 0 Å². The molecule has 2 rings (SSSR count). The van der Waals surface area contributed by atoms with Crippen LogP contribution in [0.2, 0.25) is 0 Å². The van der Waals surface area contributed by atoms with Gasteiger partial charge in [-0.05, 0) is 0 Å². The zero-order valence-electron chi connectivity index (χ0n) is 7.32. The summed E-state index contributed by atoms with van der Waals surface area (Å²) in [5.74, 6) is 0. The van der Waals surface area contributed by atoms with E-state index in [0.29, 0.717) is 4.62 Å². The van der Waals surface area contributed by atoms with E-state index in [1.807, 2.05) is 23.1 Å². The van der Waals surface area contributed by atoms with Gasteiger partial charge in [-0.2, -0.15) is 0 Å². The van der Waals surface area contributed by atoms with Crippen LogP contribution in [0.5, 0.6) is 4.62 Å². The second kappa shape index (κ2) is 3.41. The standard InChI is InChI=1S/C11H10OSe/c1-8-3-2-4-9(7-8)10-5-6-13-11(10)12/h2-7,12H,1H3. The van der Waals surface area contributed by atoms with E-state index >= 15 is 0 Å². The minimum atomic E-state index is 0.152. The molecule has 0 spiro atoms. The van der Waals surface area contributed by atoms with Gasteiger partial charge in [-0.1, -0.05) is 0 Å². The van der Waals surface area contributed by atoms with Crippen molar-refractivity contribution in [3.63, 3.8) is 0 Å². The van der Waals surface area contributed by atoms with Crippen LogP contribution < -0.4 is 0 Å². The van der Waals surface area contributed by atoms with Crippen molar-refractivity contribution in [2.45, 2.75) is 6.92 Å². The Morgan fingerprint density at radius 1 is 1.23 bits per heavy atom. The van der Waals surface area contributed by atoms with Crippen molar-refractivity contribution in [1.82, 2.24) is 0 Å². The van der Waals surface area contributed by atoms with Gasteiger partial charge in [-0.3, -0.25) is 0 Å². The summed E-state index contributed by atoms with van der Waals surface area (Å²) in [5.41, 5.74) is 3.34. The van der Waals surface area contributed by atoms with Crippen LogP contribution in [0.3, 0.4) is 0 Å². The maximum absolute atomic E-state index is 9.58. The van der Waals surface area contributed by atoms with Crippen molar-refractivity contribution < 1.29 is 5.11 Å². The van der Waals surface area contributed by atoms with E-state index in [4.69, 9.17) is 0 Å². The second-order valence-electron chi connectivity index (χ2n) is 3.01. The summed E-state index contributed by atoms with van der Waals surface area (Å²) in [6, 6.07) is 10.2. The molecule has 0 radical (unpaired) electrons. The van der Waals surface area contributed by atoms with Crippen LogP contribution in [0.4, 0.5) is 0 Å². The average Bonchev–Trinajstić information content (AvgIpc) is 2.51. The summed E-state index contributed by atoms with van der Waals surface area (Å²) in [5, 5.41) is 9.58. The molecule has 0 aliphatic carbocycles. The van der Waals surface area contributed by atoms with Gasteiger partial charge in [0.25, 0.3) is 0 Å². The molecule has 1 N–H and O–H groups in total. The summed E-state index contributed by atoms with van der Waals surface area (Å²) in [6.07, 6.45) is 0. The first-order valence-corrected chi connectivity index (χ1v) is 5.95. The predicted molar refractivity (Wildman–Crippen MR) is 55.2 cm³/mol. The fraction of sp³-hybridized carbons (Fsp3) is 0.0909. The molecule has 0 atom stereocenters. The molecule has 2 aromatic rings. The summed E-state index contributed by atoms with van der Waals surface area (Å²) in [7, 11) is 0. The van der Waals surface area contributed by atoms with E-state index in [9.17, 15) is 5.11 Å². The molecule has 0 aliphatic heterocycles. The van der Waals surface area contributed by atoms with E-state index in [0.717, 1.165) is 11.1 Å². The van der Waals surface area contributed by atoms with Crippen LogP contribution in [0.15, 0.2) is 35.3 Å². The molecule has 1 heterocycles. The number of hydrogen-bond acceptors (Lipinski definition) is 1. The summed E-state index contributed by atoms with van der Waals surface area (Å²) >= 11 is 0.152. The number of benzene rings is 1. The van der Waals surface area contributed by atoms with Crippen molar-refractivity contribution in [2.24, 2.45) is 0 Å². The Morgan fingerprint density at radius 3 is 2.69 bits per heavy atom. The van der Waals surface area contributed by atoms with E-state index in [2.05, 4.69) is 19.1 Å². The Bertz CT molecular complexity index is 418. The normalized spacial score (nSPS) is 10.2. The van der Waals surface area contributed by atoms with Gasteiger partial charge >= 0.3 is 83.1 Å². The monoisotopic (exact) mass is 238 g/mol. The summed E-state index contributed by atoms with van der Waals surface area (Å²) in [4.78, 5) is 2.04. The Kier molecular flexibility index (Phi) is 2.26. The van der Waals surface area contributed by atoms with Crippen molar-refractivity contribution in [3.05, 3.63) is 40.8 Å². The fourth-order valence-electron chi connectivity index (χ4n) is 1.33. The summed E-state index contributed by atoms with van der Waals surface area (Å²) < 4.78 is 0.540. The molecule has 2 heteroatoms. The molecule has 0 saturated heterocycles. The third kappa shape index (κ3) is 1.69. The van der Waals surface area contributed by atoms with Gasteiger partial charge in [0.2, 0.25) is 0 Å². The molecule has 0 aliphatic rings. The second-order valence-corrected chi connectivity index (χ2v) is 4.89. The van der Waals surface area contributed by atoms with Crippen LogP contribution in [0, 0.1) is 6.92 Å². The molecule has 0 saturated carbocycles. The molecule has 66 valence electrons. The molecule has 0 amide bonds. The van der Waals surface area contributed by atoms with Gasteiger partial charge < -0.3 is 0 Å². The molecular formula is C11H10OSe. The van der Waals surface area contributed by atoms with E-state index in [1.54, 1.807) is 0 Å². The first-order valence-electron chi connectivity index (χ1n) is 4.11. The van der Waals surface area contributed by atoms with Gasteiger partial charge in [0.1, 0.15) is 0 Å². The number of aryl methyl sites for hydroxylation is 1. The Labute approximate surface area is 83.4 Å². The zero-order chi connectivity index (χ0) is 9.26. The molecule has 0 bridgehead atoms. The van der Waals surface area contributed by atoms with Gasteiger partial charge in [-0.25, -0.2) is 0 Å².